The van der Waals surface area contributed by atoms with Gasteiger partial charge in [0.1, 0.15) is 17.3 Å². The molecule has 1 aliphatic rings. The zero-order valence-corrected chi connectivity index (χ0v) is 14.4. The Balaban J connectivity index is 1.45. The number of aryl methyl sites for hydroxylation is 3. The van der Waals surface area contributed by atoms with Gasteiger partial charge in [-0.25, -0.2) is 9.97 Å². The predicted molar refractivity (Wildman–Crippen MR) is 87.4 cm³/mol. The number of rotatable bonds is 3. The summed E-state index contributed by atoms with van der Waals surface area (Å²) in [5, 5.41) is 5.03. The molecule has 0 aliphatic carbocycles. The van der Waals surface area contributed by atoms with Gasteiger partial charge in [-0.3, -0.25) is 4.79 Å². The smallest absolute Gasteiger partial charge is 0.266 e. The third-order valence-corrected chi connectivity index (χ3v) is 4.93. The number of carbonyl (C=O) groups is 1. The first-order valence-corrected chi connectivity index (χ1v) is 8.40. The van der Waals surface area contributed by atoms with Gasteiger partial charge in [-0.15, -0.1) is 11.3 Å². The highest BCUT2D eigenvalue weighted by Gasteiger charge is 2.35. The summed E-state index contributed by atoms with van der Waals surface area (Å²) in [6, 6.07) is 1.82. The van der Waals surface area contributed by atoms with Gasteiger partial charge in [-0.05, 0) is 20.8 Å². The normalized spacial score (nSPS) is 14.9. The summed E-state index contributed by atoms with van der Waals surface area (Å²) < 4.78 is 7.53. The van der Waals surface area contributed by atoms with E-state index < -0.39 is 0 Å². The second kappa shape index (κ2) is 5.52. The highest BCUT2D eigenvalue weighted by Crippen LogP contribution is 2.24. The summed E-state index contributed by atoms with van der Waals surface area (Å²) in [7, 11) is 0. The third kappa shape index (κ3) is 2.50. The number of thiazole rings is 1. The second-order valence-electron chi connectivity index (χ2n) is 5.81. The number of likely N-dealkylation sites (tertiary alicyclic amines) is 1. The largest absolute Gasteiger partial charge is 0.470 e. The SMILES string of the molecule is Cc1cc(OC2CN(C(=O)c3sc(C)nc3C)C2)n2ncnc2n1. The molecular formula is C15H16N6O2S. The molecule has 1 saturated heterocycles. The summed E-state index contributed by atoms with van der Waals surface area (Å²) in [6.45, 7) is 6.75. The Morgan fingerprint density at radius 1 is 1.29 bits per heavy atom. The zero-order chi connectivity index (χ0) is 16.8. The van der Waals surface area contributed by atoms with Crippen molar-refractivity contribution in [1.82, 2.24) is 29.5 Å². The first-order chi connectivity index (χ1) is 11.5. The van der Waals surface area contributed by atoms with E-state index in [1.807, 2.05) is 26.8 Å². The molecule has 4 heterocycles. The van der Waals surface area contributed by atoms with E-state index in [-0.39, 0.29) is 12.0 Å². The maximum absolute atomic E-state index is 12.5. The van der Waals surface area contributed by atoms with Gasteiger partial charge in [0, 0.05) is 11.8 Å². The van der Waals surface area contributed by atoms with Crippen molar-refractivity contribution in [1.29, 1.82) is 0 Å². The number of carbonyl (C=O) groups excluding carboxylic acids is 1. The zero-order valence-electron chi connectivity index (χ0n) is 13.6. The fraction of sp³-hybridized carbons (Fsp3) is 0.400. The molecule has 1 amide bonds. The van der Waals surface area contributed by atoms with Gasteiger partial charge in [0.15, 0.2) is 0 Å². The molecule has 124 valence electrons. The van der Waals surface area contributed by atoms with Crippen LogP contribution in [0.25, 0.3) is 5.78 Å². The molecular weight excluding hydrogens is 328 g/mol. The van der Waals surface area contributed by atoms with Crippen LogP contribution in [0.5, 0.6) is 5.88 Å². The van der Waals surface area contributed by atoms with E-state index in [0.717, 1.165) is 16.4 Å². The second-order valence-corrected chi connectivity index (χ2v) is 7.01. The van der Waals surface area contributed by atoms with E-state index >= 15 is 0 Å². The van der Waals surface area contributed by atoms with Crippen molar-refractivity contribution in [3.8, 4) is 5.88 Å². The summed E-state index contributed by atoms with van der Waals surface area (Å²) in [5.41, 5.74) is 1.61. The molecule has 1 aliphatic heterocycles. The maximum atomic E-state index is 12.5. The monoisotopic (exact) mass is 344 g/mol. The lowest BCUT2D eigenvalue weighted by atomic mass is 10.1. The van der Waals surface area contributed by atoms with E-state index in [2.05, 4.69) is 20.1 Å². The molecule has 24 heavy (non-hydrogen) atoms. The molecule has 9 heteroatoms. The van der Waals surface area contributed by atoms with Crippen LogP contribution in [0, 0.1) is 20.8 Å². The van der Waals surface area contributed by atoms with E-state index in [9.17, 15) is 4.79 Å². The molecule has 0 radical (unpaired) electrons. The van der Waals surface area contributed by atoms with Crippen molar-refractivity contribution in [3.63, 3.8) is 0 Å². The van der Waals surface area contributed by atoms with E-state index in [1.165, 1.54) is 17.7 Å². The molecule has 0 unspecified atom stereocenters. The first kappa shape index (κ1) is 15.0. The Hall–Kier alpha value is -2.55. The van der Waals surface area contributed by atoms with Gasteiger partial charge in [0.2, 0.25) is 5.88 Å². The van der Waals surface area contributed by atoms with Crippen LogP contribution >= 0.6 is 11.3 Å². The van der Waals surface area contributed by atoms with Crippen LogP contribution < -0.4 is 4.74 Å². The van der Waals surface area contributed by atoms with Crippen LogP contribution in [0.4, 0.5) is 0 Å². The van der Waals surface area contributed by atoms with Crippen LogP contribution in [0.2, 0.25) is 0 Å². The molecule has 0 N–H and O–H groups in total. The van der Waals surface area contributed by atoms with Crippen LogP contribution in [-0.4, -0.2) is 54.6 Å². The quantitative estimate of drug-likeness (QED) is 0.714. The lowest BCUT2D eigenvalue weighted by molar-refractivity contribution is 0.0153. The molecule has 8 nitrogen and oxygen atoms in total. The number of amides is 1. The summed E-state index contributed by atoms with van der Waals surface area (Å²) in [6.07, 6.45) is 1.39. The van der Waals surface area contributed by atoms with Crippen molar-refractivity contribution < 1.29 is 9.53 Å². The average Bonchev–Trinajstić information content (AvgIpc) is 3.07. The van der Waals surface area contributed by atoms with Gasteiger partial charge < -0.3 is 9.64 Å². The van der Waals surface area contributed by atoms with Gasteiger partial charge >= 0.3 is 0 Å². The Kier molecular flexibility index (Phi) is 3.45. The molecule has 3 aromatic rings. The first-order valence-electron chi connectivity index (χ1n) is 7.58. The number of ether oxygens (including phenoxy) is 1. The molecule has 0 saturated carbocycles. The Morgan fingerprint density at radius 3 is 2.79 bits per heavy atom. The van der Waals surface area contributed by atoms with Gasteiger partial charge in [-0.1, -0.05) is 0 Å². The van der Waals surface area contributed by atoms with Crippen LogP contribution in [0.3, 0.4) is 0 Å². The molecule has 0 atom stereocenters. The minimum Gasteiger partial charge on any atom is -0.470 e. The summed E-state index contributed by atoms with van der Waals surface area (Å²) in [5.74, 6) is 1.12. The molecule has 0 bridgehead atoms. The van der Waals surface area contributed by atoms with Crippen molar-refractivity contribution in [2.75, 3.05) is 13.1 Å². The topological polar surface area (TPSA) is 85.5 Å². The third-order valence-electron chi connectivity index (χ3n) is 3.87. The van der Waals surface area contributed by atoms with Crippen LogP contribution in [0.15, 0.2) is 12.4 Å². The number of hydrogen-bond donors (Lipinski definition) is 0. The number of fused-ring (bicyclic) bond motifs is 1. The highest BCUT2D eigenvalue weighted by atomic mass is 32.1. The summed E-state index contributed by atoms with van der Waals surface area (Å²) in [4.78, 5) is 27.6. The number of hydrogen-bond acceptors (Lipinski definition) is 7. The minimum absolute atomic E-state index is 0.0229. The van der Waals surface area contributed by atoms with Gasteiger partial charge in [-0.2, -0.15) is 14.6 Å². The Morgan fingerprint density at radius 2 is 2.08 bits per heavy atom. The van der Waals surface area contributed by atoms with Gasteiger partial charge in [0.05, 0.1) is 23.8 Å². The Bertz CT molecular complexity index is 927. The molecule has 0 aromatic carbocycles. The number of aromatic nitrogens is 5. The van der Waals surface area contributed by atoms with E-state index in [0.29, 0.717) is 29.6 Å². The van der Waals surface area contributed by atoms with E-state index in [1.54, 1.807) is 9.42 Å². The molecule has 3 aromatic heterocycles. The highest BCUT2D eigenvalue weighted by molar-refractivity contribution is 7.13. The van der Waals surface area contributed by atoms with Crippen molar-refractivity contribution >= 4 is 23.0 Å². The Labute approximate surface area is 142 Å². The lowest BCUT2D eigenvalue weighted by Gasteiger charge is -2.38. The van der Waals surface area contributed by atoms with Gasteiger partial charge in [0.25, 0.3) is 11.7 Å². The maximum Gasteiger partial charge on any atom is 0.266 e. The van der Waals surface area contributed by atoms with Crippen molar-refractivity contribution in [3.05, 3.63) is 33.7 Å². The molecule has 4 rings (SSSR count). The van der Waals surface area contributed by atoms with Crippen molar-refractivity contribution in [2.45, 2.75) is 26.9 Å². The van der Waals surface area contributed by atoms with E-state index in [4.69, 9.17) is 4.74 Å². The van der Waals surface area contributed by atoms with Crippen LogP contribution in [-0.2, 0) is 0 Å². The number of nitrogens with zero attached hydrogens (tertiary/aromatic N) is 6. The fourth-order valence-electron chi connectivity index (χ4n) is 2.70. The fourth-order valence-corrected chi connectivity index (χ4v) is 3.59. The van der Waals surface area contributed by atoms with Crippen LogP contribution in [0.1, 0.15) is 26.1 Å². The van der Waals surface area contributed by atoms with Crippen molar-refractivity contribution in [2.24, 2.45) is 0 Å². The lowest BCUT2D eigenvalue weighted by Crippen LogP contribution is -2.56. The molecule has 0 spiro atoms. The predicted octanol–water partition coefficient (Wildman–Crippen LogP) is 1.41. The minimum atomic E-state index is -0.0579. The summed E-state index contributed by atoms with van der Waals surface area (Å²) >= 11 is 1.44. The molecule has 1 fully saturated rings. The average molecular weight is 344 g/mol. The standard InChI is InChI=1S/C15H16N6O2S/c1-8-4-12(21-15(18-8)16-7-17-21)23-11-5-20(6-11)14(22)13-9(2)19-10(3)24-13/h4,7,11H,5-6H2,1-3H3.